The van der Waals surface area contributed by atoms with Crippen molar-refractivity contribution in [1.82, 2.24) is 9.97 Å². The van der Waals surface area contributed by atoms with Crippen LogP contribution < -0.4 is 10.6 Å². The van der Waals surface area contributed by atoms with Crippen LogP contribution in [-0.4, -0.2) is 16.0 Å². The molecule has 0 bridgehead atoms. The fourth-order valence-corrected chi connectivity index (χ4v) is 2.12. The second-order valence-corrected chi connectivity index (χ2v) is 5.71. The number of nitrogens with zero attached hydrogens (tertiary/aromatic N) is 2. The molecular formula is C16H19FN4. The van der Waals surface area contributed by atoms with Gasteiger partial charge in [0.25, 0.3) is 0 Å². The zero-order valence-electron chi connectivity index (χ0n) is 12.2. The minimum atomic E-state index is -0.246. The lowest BCUT2D eigenvalue weighted by Crippen LogP contribution is -2.14. The van der Waals surface area contributed by atoms with Gasteiger partial charge in [0.15, 0.2) is 0 Å². The summed E-state index contributed by atoms with van der Waals surface area (Å²) in [6.07, 6.45) is 2.38. The van der Waals surface area contributed by atoms with Crippen LogP contribution in [0.2, 0.25) is 0 Å². The summed E-state index contributed by atoms with van der Waals surface area (Å²) in [5, 5.41) is 6.45. The van der Waals surface area contributed by atoms with Crippen LogP contribution in [0.15, 0.2) is 30.3 Å². The van der Waals surface area contributed by atoms with Crippen LogP contribution in [-0.2, 0) is 0 Å². The number of nitrogens with one attached hydrogen (secondary N) is 2. The Morgan fingerprint density at radius 3 is 2.48 bits per heavy atom. The minimum Gasteiger partial charge on any atom is -0.352 e. The number of hydrogen-bond donors (Lipinski definition) is 2. The van der Waals surface area contributed by atoms with Crippen LogP contribution in [0.25, 0.3) is 0 Å². The van der Waals surface area contributed by atoms with Gasteiger partial charge in [-0.2, -0.15) is 4.98 Å². The topological polar surface area (TPSA) is 49.8 Å². The number of benzene rings is 1. The van der Waals surface area contributed by atoms with Crippen LogP contribution in [0.1, 0.15) is 38.3 Å². The molecular weight excluding hydrogens is 267 g/mol. The summed E-state index contributed by atoms with van der Waals surface area (Å²) in [6, 6.07) is 8.51. The Morgan fingerprint density at radius 2 is 1.86 bits per heavy atom. The van der Waals surface area contributed by atoms with Gasteiger partial charge in [0.05, 0.1) is 5.69 Å². The molecule has 1 fully saturated rings. The molecule has 1 aliphatic carbocycles. The molecule has 21 heavy (non-hydrogen) atoms. The molecule has 0 atom stereocenters. The van der Waals surface area contributed by atoms with E-state index in [2.05, 4.69) is 34.4 Å². The van der Waals surface area contributed by atoms with E-state index in [0.29, 0.717) is 11.9 Å². The number of aromatic nitrogens is 2. The van der Waals surface area contributed by atoms with Crippen molar-refractivity contribution in [2.24, 2.45) is 0 Å². The first-order chi connectivity index (χ1) is 10.1. The van der Waals surface area contributed by atoms with Gasteiger partial charge in [-0.15, -0.1) is 0 Å². The highest BCUT2D eigenvalue weighted by molar-refractivity contribution is 5.57. The smallest absolute Gasteiger partial charge is 0.225 e. The zero-order chi connectivity index (χ0) is 14.8. The zero-order valence-corrected chi connectivity index (χ0v) is 12.2. The normalized spacial score (nSPS) is 14.3. The van der Waals surface area contributed by atoms with Gasteiger partial charge < -0.3 is 10.6 Å². The van der Waals surface area contributed by atoms with Gasteiger partial charge in [0.2, 0.25) is 5.95 Å². The van der Waals surface area contributed by atoms with Crippen LogP contribution >= 0.6 is 0 Å². The molecule has 0 radical (unpaired) electrons. The molecule has 4 nitrogen and oxygen atoms in total. The molecule has 110 valence electrons. The molecule has 3 rings (SSSR count). The first kappa shape index (κ1) is 13.8. The molecule has 0 aliphatic heterocycles. The van der Waals surface area contributed by atoms with Crippen molar-refractivity contribution in [3.05, 3.63) is 41.8 Å². The van der Waals surface area contributed by atoms with E-state index in [1.165, 1.54) is 25.0 Å². The Balaban J connectivity index is 1.85. The van der Waals surface area contributed by atoms with Gasteiger partial charge in [0, 0.05) is 23.7 Å². The molecule has 1 aromatic carbocycles. The van der Waals surface area contributed by atoms with Gasteiger partial charge in [-0.25, -0.2) is 9.37 Å². The average Bonchev–Trinajstić information content (AvgIpc) is 3.25. The predicted molar refractivity (Wildman–Crippen MR) is 82.4 cm³/mol. The third-order valence-corrected chi connectivity index (χ3v) is 3.28. The Bertz CT molecular complexity index is 621. The fourth-order valence-electron chi connectivity index (χ4n) is 2.12. The van der Waals surface area contributed by atoms with Gasteiger partial charge >= 0.3 is 0 Å². The van der Waals surface area contributed by atoms with Crippen LogP contribution in [0.4, 0.5) is 21.8 Å². The molecule has 5 heteroatoms. The summed E-state index contributed by atoms with van der Waals surface area (Å²) >= 11 is 0. The molecule has 2 aromatic rings. The Labute approximate surface area is 123 Å². The largest absolute Gasteiger partial charge is 0.352 e. The van der Waals surface area contributed by atoms with E-state index in [0.717, 1.165) is 17.2 Å². The quantitative estimate of drug-likeness (QED) is 0.870. The maximum absolute atomic E-state index is 12.9. The van der Waals surface area contributed by atoms with Crippen molar-refractivity contribution < 1.29 is 4.39 Å². The summed E-state index contributed by atoms with van der Waals surface area (Å²) in [7, 11) is 0. The van der Waals surface area contributed by atoms with Crippen molar-refractivity contribution in [2.75, 3.05) is 10.6 Å². The Kier molecular flexibility index (Phi) is 3.73. The van der Waals surface area contributed by atoms with E-state index in [1.54, 1.807) is 12.1 Å². The average molecular weight is 286 g/mol. The van der Waals surface area contributed by atoms with Crippen molar-refractivity contribution in [3.8, 4) is 0 Å². The molecule has 1 heterocycles. The van der Waals surface area contributed by atoms with Crippen molar-refractivity contribution in [2.45, 2.75) is 38.6 Å². The second-order valence-electron chi connectivity index (χ2n) is 5.71. The van der Waals surface area contributed by atoms with E-state index in [-0.39, 0.29) is 11.9 Å². The molecule has 0 saturated heterocycles. The van der Waals surface area contributed by atoms with Crippen LogP contribution in [0.3, 0.4) is 0 Å². The lowest BCUT2D eigenvalue weighted by atomic mass is 10.2. The molecule has 1 saturated carbocycles. The third-order valence-electron chi connectivity index (χ3n) is 3.28. The molecule has 0 unspecified atom stereocenters. The van der Waals surface area contributed by atoms with E-state index in [1.807, 2.05) is 6.07 Å². The summed E-state index contributed by atoms with van der Waals surface area (Å²) in [5.41, 5.74) is 1.88. The highest BCUT2D eigenvalue weighted by atomic mass is 19.1. The van der Waals surface area contributed by atoms with Crippen molar-refractivity contribution >= 4 is 17.5 Å². The monoisotopic (exact) mass is 286 g/mol. The summed E-state index contributed by atoms with van der Waals surface area (Å²) in [4.78, 5) is 9.04. The molecule has 0 amide bonds. The summed E-state index contributed by atoms with van der Waals surface area (Å²) < 4.78 is 12.9. The van der Waals surface area contributed by atoms with Crippen molar-refractivity contribution in [1.29, 1.82) is 0 Å². The SMILES string of the molecule is CC(C)Nc1nc(Nc2ccc(F)cc2)cc(C2CC2)n1. The number of anilines is 3. The highest BCUT2D eigenvalue weighted by Gasteiger charge is 2.26. The van der Waals surface area contributed by atoms with E-state index in [4.69, 9.17) is 0 Å². The first-order valence-electron chi connectivity index (χ1n) is 7.28. The maximum atomic E-state index is 12.9. The molecule has 2 N–H and O–H groups in total. The Morgan fingerprint density at radius 1 is 1.14 bits per heavy atom. The van der Waals surface area contributed by atoms with E-state index < -0.39 is 0 Å². The fraction of sp³-hybridized carbons (Fsp3) is 0.375. The van der Waals surface area contributed by atoms with E-state index in [9.17, 15) is 4.39 Å². The molecule has 1 aliphatic rings. The predicted octanol–water partition coefficient (Wildman–Crippen LogP) is 4.06. The lowest BCUT2D eigenvalue weighted by molar-refractivity contribution is 0.628. The maximum Gasteiger partial charge on any atom is 0.225 e. The summed E-state index contributed by atoms with van der Waals surface area (Å²) in [6.45, 7) is 4.11. The minimum absolute atomic E-state index is 0.246. The first-order valence-corrected chi connectivity index (χ1v) is 7.28. The van der Waals surface area contributed by atoms with Crippen LogP contribution in [0, 0.1) is 5.82 Å². The van der Waals surface area contributed by atoms with Gasteiger partial charge in [-0.1, -0.05) is 0 Å². The van der Waals surface area contributed by atoms with Gasteiger partial charge in [-0.3, -0.25) is 0 Å². The number of hydrogen-bond acceptors (Lipinski definition) is 4. The number of halogens is 1. The summed E-state index contributed by atoms with van der Waals surface area (Å²) in [5.74, 6) is 1.68. The number of rotatable bonds is 5. The van der Waals surface area contributed by atoms with Crippen molar-refractivity contribution in [3.63, 3.8) is 0 Å². The molecule has 0 spiro atoms. The van der Waals surface area contributed by atoms with Gasteiger partial charge in [-0.05, 0) is 51.0 Å². The lowest BCUT2D eigenvalue weighted by Gasteiger charge is -2.12. The standard InChI is InChI=1S/C16H19FN4/c1-10(2)18-16-20-14(11-3-4-11)9-15(21-16)19-13-7-5-12(17)6-8-13/h5-11H,3-4H2,1-2H3,(H2,18,19,20,21). The third kappa shape index (κ3) is 3.68. The highest BCUT2D eigenvalue weighted by Crippen LogP contribution is 2.40. The van der Waals surface area contributed by atoms with Crippen LogP contribution in [0.5, 0.6) is 0 Å². The second kappa shape index (κ2) is 5.68. The van der Waals surface area contributed by atoms with Gasteiger partial charge in [0.1, 0.15) is 11.6 Å². The Hall–Kier alpha value is -2.17. The van der Waals surface area contributed by atoms with E-state index >= 15 is 0 Å². The molecule has 1 aromatic heterocycles.